The Bertz CT molecular complexity index is 2430. The number of nitrogens with zero attached hydrogens (tertiary/aromatic N) is 1. The number of unbranched alkanes of at least 4 members (excludes halogenated alkanes) is 16. The lowest BCUT2D eigenvalue weighted by Crippen LogP contribution is -2.37. The summed E-state index contributed by atoms with van der Waals surface area (Å²) in [5.41, 5.74) is 0. The Labute approximate surface area is 588 Å². The smallest absolute Gasteiger partial charge is 0.462 e. The standard InChI is InChI=1S/C86H136NO8P/c1-6-8-10-12-14-16-18-20-22-24-26-28-30-32-34-36-38-40-42-43-45-47-49-51-53-55-57-59-61-63-65-67-69-71-73-75-77-79-86(89)95-84(83-94-96(90,91)93-81-80-87(3,4)5)82-92-85(88)78-76-74-72-70-68-66-64-62-60-58-56-54-52-50-48-46-44-41-39-37-35-33-31-29-27-25-23-21-19-17-15-13-11-9-7-2/h8-11,14-17,20-23,26-29,32-35,38-41,43,45-46,48-49,51-52,54-55,57,61,63,84H,6-7,12-13,18-19,24-25,30-31,36-37,42,44,47,50,53,56,58-60,62,64-83H2,1-5H3/p+1/b10-8-,11-9-,16-14-,17-15-,22-20-,23-21-,28-26-,29-27-,34-32-,35-33-,40-38-,41-39-,45-43-,48-46-,51-49-,54-52-,57-55-,63-61-. The molecule has 0 saturated carbocycles. The van der Waals surface area contributed by atoms with Gasteiger partial charge in [0.25, 0.3) is 0 Å². The van der Waals surface area contributed by atoms with E-state index in [0.717, 1.165) is 186 Å². The zero-order valence-electron chi connectivity index (χ0n) is 61.3. The SMILES string of the molecule is CC/C=C\C/C=C\C/C=C\C/C=C\C/C=C\C/C=C\C/C=C\C/C=C\C/C=C\C/C=C\CCCCCCCCC(=O)OC(COC(=O)CCCCCCCCCCCC/C=C\C/C=C\C/C=C\C/C=C\C/C=C\C/C=C\C/C=C\C/C=C\CC)COP(=O)(O)OCC[N+](C)(C)C. The molecule has 9 nitrogen and oxygen atoms in total. The van der Waals surface area contributed by atoms with Gasteiger partial charge in [-0.3, -0.25) is 18.6 Å². The third kappa shape index (κ3) is 77.3. The number of hydrogen-bond acceptors (Lipinski definition) is 7. The number of carbonyl (C=O) groups excluding carboxylic acids is 2. The van der Waals surface area contributed by atoms with E-state index in [2.05, 4.69) is 233 Å². The van der Waals surface area contributed by atoms with E-state index in [0.29, 0.717) is 17.4 Å². The van der Waals surface area contributed by atoms with Gasteiger partial charge in [-0.2, -0.15) is 0 Å². The molecule has 0 aliphatic heterocycles. The highest BCUT2D eigenvalue weighted by Gasteiger charge is 2.27. The number of carbonyl (C=O) groups is 2. The van der Waals surface area contributed by atoms with E-state index in [9.17, 15) is 19.0 Å². The van der Waals surface area contributed by atoms with Gasteiger partial charge in [-0.05, 0) is 154 Å². The molecule has 96 heavy (non-hydrogen) atoms. The molecule has 2 atom stereocenters. The normalized spacial score (nSPS) is 14.4. The van der Waals surface area contributed by atoms with Crippen LogP contribution < -0.4 is 0 Å². The molecular formula is C86H137NO8P+. The first-order chi connectivity index (χ1) is 47.0. The van der Waals surface area contributed by atoms with E-state index in [4.69, 9.17) is 18.5 Å². The van der Waals surface area contributed by atoms with E-state index in [1.165, 1.54) is 38.5 Å². The predicted octanol–water partition coefficient (Wildman–Crippen LogP) is 25.2. The Morgan fingerprint density at radius 3 is 0.833 bits per heavy atom. The molecule has 0 fully saturated rings. The van der Waals surface area contributed by atoms with Crippen LogP contribution in [0, 0.1) is 0 Å². The van der Waals surface area contributed by atoms with Gasteiger partial charge in [0.2, 0.25) is 0 Å². The van der Waals surface area contributed by atoms with Gasteiger partial charge in [-0.1, -0.05) is 310 Å². The summed E-state index contributed by atoms with van der Waals surface area (Å²) in [6.45, 7) is 4.16. The molecule has 0 amide bonds. The van der Waals surface area contributed by atoms with Crippen LogP contribution in [0.5, 0.6) is 0 Å². The maximum atomic E-state index is 12.9. The van der Waals surface area contributed by atoms with Gasteiger partial charge < -0.3 is 18.9 Å². The van der Waals surface area contributed by atoms with Crippen molar-refractivity contribution in [1.29, 1.82) is 0 Å². The van der Waals surface area contributed by atoms with Crippen molar-refractivity contribution >= 4 is 19.8 Å². The molecule has 0 rings (SSSR count). The molecule has 0 spiro atoms. The molecule has 0 aliphatic rings. The molecule has 0 radical (unpaired) electrons. The second-order valence-electron chi connectivity index (χ2n) is 25.2. The minimum Gasteiger partial charge on any atom is -0.462 e. The predicted molar refractivity (Wildman–Crippen MR) is 417 cm³/mol. The number of rotatable bonds is 66. The maximum Gasteiger partial charge on any atom is 0.472 e. The number of allylic oxidation sites excluding steroid dienone is 36. The van der Waals surface area contributed by atoms with Crippen LogP contribution in [0.15, 0.2) is 219 Å². The van der Waals surface area contributed by atoms with E-state index >= 15 is 0 Å². The molecule has 538 valence electrons. The molecule has 0 aromatic rings. The monoisotopic (exact) mass is 1340 g/mol. The summed E-state index contributed by atoms with van der Waals surface area (Å²) >= 11 is 0. The van der Waals surface area contributed by atoms with Gasteiger partial charge >= 0.3 is 19.8 Å². The zero-order valence-corrected chi connectivity index (χ0v) is 62.2. The highest BCUT2D eigenvalue weighted by molar-refractivity contribution is 7.47. The Balaban J connectivity index is 4.17. The fourth-order valence-electron chi connectivity index (χ4n) is 9.35. The van der Waals surface area contributed by atoms with E-state index < -0.39 is 26.5 Å². The Hall–Kier alpha value is -5.67. The number of hydrogen-bond donors (Lipinski definition) is 1. The van der Waals surface area contributed by atoms with Crippen molar-refractivity contribution in [3.63, 3.8) is 0 Å². The summed E-state index contributed by atoms with van der Waals surface area (Å²) in [5, 5.41) is 0. The highest BCUT2D eigenvalue weighted by Crippen LogP contribution is 2.43. The van der Waals surface area contributed by atoms with E-state index in [1.54, 1.807) is 0 Å². The molecule has 1 N–H and O–H groups in total. The summed E-state index contributed by atoms with van der Waals surface area (Å²) in [6.07, 6.45) is 118. The summed E-state index contributed by atoms with van der Waals surface area (Å²) < 4.78 is 34.7. The summed E-state index contributed by atoms with van der Waals surface area (Å²) in [6, 6.07) is 0. The highest BCUT2D eigenvalue weighted by atomic mass is 31.2. The molecule has 0 aliphatic carbocycles. The number of phosphoric ester groups is 1. The molecule has 0 aromatic heterocycles. The number of ether oxygens (including phenoxy) is 2. The van der Waals surface area contributed by atoms with Crippen LogP contribution in [-0.2, 0) is 32.7 Å². The van der Waals surface area contributed by atoms with Gasteiger partial charge in [0.15, 0.2) is 6.10 Å². The zero-order chi connectivity index (χ0) is 69.7. The van der Waals surface area contributed by atoms with Crippen molar-refractivity contribution in [3.8, 4) is 0 Å². The first-order valence-corrected chi connectivity index (χ1v) is 39.0. The van der Waals surface area contributed by atoms with Gasteiger partial charge in [-0.25, -0.2) is 4.57 Å². The third-order valence-electron chi connectivity index (χ3n) is 15.0. The van der Waals surface area contributed by atoms with Crippen LogP contribution in [0.25, 0.3) is 0 Å². The molecular weight excluding hydrogens is 1210 g/mol. The van der Waals surface area contributed by atoms with Crippen molar-refractivity contribution in [2.45, 2.75) is 264 Å². The average Bonchev–Trinajstić information content (AvgIpc) is 2.72. The fraction of sp³-hybridized carbons (Fsp3) is 0.558. The number of phosphoric acid groups is 1. The second-order valence-corrected chi connectivity index (χ2v) is 26.7. The quantitative estimate of drug-likeness (QED) is 0.0211. The van der Waals surface area contributed by atoms with Crippen LogP contribution in [0.1, 0.15) is 258 Å². The molecule has 0 aromatic carbocycles. The van der Waals surface area contributed by atoms with Crippen molar-refractivity contribution in [3.05, 3.63) is 219 Å². The number of likely N-dealkylation sites (N-methyl/N-ethyl adjacent to an activating group) is 1. The lowest BCUT2D eigenvalue weighted by Gasteiger charge is -2.24. The molecule has 0 saturated heterocycles. The minimum atomic E-state index is -4.42. The molecule has 2 unspecified atom stereocenters. The van der Waals surface area contributed by atoms with Gasteiger partial charge in [0.1, 0.15) is 19.8 Å². The first-order valence-electron chi connectivity index (χ1n) is 37.5. The Morgan fingerprint density at radius 2 is 0.562 bits per heavy atom. The Kier molecular flexibility index (Phi) is 69.2. The number of esters is 2. The molecule has 0 heterocycles. The van der Waals surface area contributed by atoms with Crippen molar-refractivity contribution < 1.29 is 42.1 Å². The second kappa shape index (κ2) is 73.6. The maximum absolute atomic E-state index is 12.9. The number of quaternary nitrogens is 1. The van der Waals surface area contributed by atoms with Crippen molar-refractivity contribution in [1.82, 2.24) is 0 Å². The van der Waals surface area contributed by atoms with Crippen LogP contribution in [0.3, 0.4) is 0 Å². The van der Waals surface area contributed by atoms with E-state index in [-0.39, 0.29) is 32.0 Å². The van der Waals surface area contributed by atoms with Crippen LogP contribution >= 0.6 is 7.82 Å². The topological polar surface area (TPSA) is 108 Å². The third-order valence-corrected chi connectivity index (χ3v) is 16.0. The summed E-state index contributed by atoms with van der Waals surface area (Å²) in [5.74, 6) is -0.834. The average molecular weight is 1340 g/mol. The van der Waals surface area contributed by atoms with Gasteiger partial charge in [0, 0.05) is 12.8 Å². The summed E-state index contributed by atoms with van der Waals surface area (Å²) in [4.78, 5) is 35.9. The van der Waals surface area contributed by atoms with Gasteiger partial charge in [-0.15, -0.1) is 0 Å². The first kappa shape index (κ1) is 90.3. The van der Waals surface area contributed by atoms with Crippen LogP contribution in [-0.4, -0.2) is 74.9 Å². The Morgan fingerprint density at radius 1 is 0.323 bits per heavy atom. The summed E-state index contributed by atoms with van der Waals surface area (Å²) in [7, 11) is 1.43. The van der Waals surface area contributed by atoms with Crippen LogP contribution in [0.2, 0.25) is 0 Å². The largest absolute Gasteiger partial charge is 0.472 e. The van der Waals surface area contributed by atoms with Crippen LogP contribution in [0.4, 0.5) is 0 Å². The molecule has 0 bridgehead atoms. The van der Waals surface area contributed by atoms with Crippen molar-refractivity contribution in [2.75, 3.05) is 47.5 Å². The van der Waals surface area contributed by atoms with Gasteiger partial charge in [0.05, 0.1) is 27.7 Å². The lowest BCUT2D eigenvalue weighted by molar-refractivity contribution is -0.870. The molecule has 10 heteroatoms. The van der Waals surface area contributed by atoms with E-state index in [1.807, 2.05) is 21.1 Å². The fourth-order valence-corrected chi connectivity index (χ4v) is 10.1. The lowest BCUT2D eigenvalue weighted by atomic mass is 10.1. The van der Waals surface area contributed by atoms with Crippen molar-refractivity contribution in [2.24, 2.45) is 0 Å². The minimum absolute atomic E-state index is 0.0160.